The zero-order valence-corrected chi connectivity index (χ0v) is 13.3. The summed E-state index contributed by atoms with van der Waals surface area (Å²) in [6.45, 7) is 0. The largest absolute Gasteiger partial charge is 0.505 e. The molecule has 1 aromatic carbocycles. The van der Waals surface area contributed by atoms with Crippen LogP contribution in [0.25, 0.3) is 10.2 Å². The smallest absolute Gasteiger partial charge is 0.267 e. The normalized spacial score (nSPS) is 10.7. The molecule has 1 amide bonds. The van der Waals surface area contributed by atoms with Crippen LogP contribution in [-0.2, 0) is 7.05 Å². The third kappa shape index (κ3) is 2.55. The highest BCUT2D eigenvalue weighted by Gasteiger charge is 2.21. The molecule has 0 unspecified atom stereocenters. The third-order valence-electron chi connectivity index (χ3n) is 3.55. The van der Waals surface area contributed by atoms with E-state index in [1.54, 1.807) is 49.9 Å². The molecule has 0 aliphatic carbocycles. The van der Waals surface area contributed by atoms with E-state index in [1.807, 2.05) is 0 Å². The maximum atomic E-state index is 12.4. The van der Waals surface area contributed by atoms with Crippen molar-refractivity contribution in [3.63, 3.8) is 0 Å². The van der Waals surface area contributed by atoms with Gasteiger partial charge in [0.25, 0.3) is 11.5 Å². The predicted molar refractivity (Wildman–Crippen MR) is 89.7 cm³/mol. The van der Waals surface area contributed by atoms with Crippen LogP contribution in [-0.4, -0.2) is 22.7 Å². The van der Waals surface area contributed by atoms with E-state index >= 15 is 0 Å². The van der Waals surface area contributed by atoms with Crippen molar-refractivity contribution in [2.75, 3.05) is 12.4 Å². The Balaban J connectivity index is 2.02. The standard InChI is InChI=1S/C16H14N2O4S/c1-18-11-7-8-23-14(11)13(19)12(16(18)21)15(20)17-9-3-5-10(22-2)6-4-9/h3-8,19H,1-2H3,(H,17,20). The number of carbonyl (C=O) groups excluding carboxylic acids is 1. The minimum Gasteiger partial charge on any atom is -0.505 e. The van der Waals surface area contributed by atoms with Gasteiger partial charge in [-0.3, -0.25) is 9.59 Å². The molecule has 0 saturated heterocycles. The van der Waals surface area contributed by atoms with E-state index in [2.05, 4.69) is 5.32 Å². The number of carbonyl (C=O) groups is 1. The fourth-order valence-electron chi connectivity index (χ4n) is 2.31. The number of hydrogen-bond donors (Lipinski definition) is 2. The van der Waals surface area contributed by atoms with E-state index in [0.717, 1.165) is 0 Å². The second kappa shape index (κ2) is 5.77. The maximum Gasteiger partial charge on any atom is 0.267 e. The van der Waals surface area contributed by atoms with Crippen molar-refractivity contribution in [3.8, 4) is 11.5 Å². The molecule has 2 heterocycles. The van der Waals surface area contributed by atoms with Gasteiger partial charge < -0.3 is 19.7 Å². The molecule has 2 N–H and O–H groups in total. The van der Waals surface area contributed by atoms with Crippen LogP contribution in [0.1, 0.15) is 10.4 Å². The molecule has 23 heavy (non-hydrogen) atoms. The summed E-state index contributed by atoms with van der Waals surface area (Å²) in [5, 5.41) is 14.7. The quantitative estimate of drug-likeness (QED) is 0.773. The first kappa shape index (κ1) is 15.1. The second-order valence-electron chi connectivity index (χ2n) is 4.91. The van der Waals surface area contributed by atoms with Gasteiger partial charge in [-0.2, -0.15) is 0 Å². The minimum atomic E-state index is -0.649. The summed E-state index contributed by atoms with van der Waals surface area (Å²) in [6.07, 6.45) is 0. The molecule has 7 heteroatoms. The predicted octanol–water partition coefficient (Wildman–Crippen LogP) is 2.57. The Bertz CT molecular complexity index is 941. The van der Waals surface area contributed by atoms with Crippen LogP contribution in [0.15, 0.2) is 40.5 Å². The van der Waals surface area contributed by atoms with Gasteiger partial charge in [-0.1, -0.05) is 0 Å². The summed E-state index contributed by atoms with van der Waals surface area (Å²) in [5.74, 6) is -0.283. The molecule has 0 spiro atoms. The Morgan fingerprint density at radius 1 is 1.26 bits per heavy atom. The Labute approximate surface area is 135 Å². The number of amides is 1. The van der Waals surface area contributed by atoms with Crippen LogP contribution < -0.4 is 15.6 Å². The fraction of sp³-hybridized carbons (Fsp3) is 0.125. The number of aromatic nitrogens is 1. The van der Waals surface area contributed by atoms with Crippen molar-refractivity contribution in [1.29, 1.82) is 0 Å². The van der Waals surface area contributed by atoms with Crippen LogP contribution >= 0.6 is 11.3 Å². The molecule has 0 atom stereocenters. The maximum absolute atomic E-state index is 12.4. The number of aryl methyl sites for hydroxylation is 1. The number of anilines is 1. The summed E-state index contributed by atoms with van der Waals surface area (Å²) >= 11 is 1.27. The summed E-state index contributed by atoms with van der Waals surface area (Å²) in [4.78, 5) is 24.8. The van der Waals surface area contributed by atoms with E-state index in [-0.39, 0.29) is 11.3 Å². The lowest BCUT2D eigenvalue weighted by Gasteiger charge is -2.10. The number of aromatic hydroxyl groups is 1. The highest BCUT2D eigenvalue weighted by molar-refractivity contribution is 7.17. The number of hydrogen-bond acceptors (Lipinski definition) is 5. The molecule has 0 saturated carbocycles. The number of rotatable bonds is 3. The average molecular weight is 330 g/mol. The number of nitrogens with zero attached hydrogens (tertiary/aromatic N) is 1. The summed E-state index contributed by atoms with van der Waals surface area (Å²) in [7, 11) is 3.12. The summed E-state index contributed by atoms with van der Waals surface area (Å²) in [5.41, 5.74) is 0.291. The molecule has 3 aromatic rings. The molecule has 3 rings (SSSR count). The SMILES string of the molecule is COc1ccc(NC(=O)c2c(O)c3sccc3n(C)c2=O)cc1. The second-order valence-corrected chi connectivity index (χ2v) is 5.82. The molecule has 118 valence electrons. The van der Waals surface area contributed by atoms with Gasteiger partial charge in [0.2, 0.25) is 0 Å². The van der Waals surface area contributed by atoms with Crippen molar-refractivity contribution in [2.45, 2.75) is 0 Å². The molecule has 0 bridgehead atoms. The first-order valence-corrected chi connectivity index (χ1v) is 7.65. The average Bonchev–Trinajstić information content (AvgIpc) is 3.04. The van der Waals surface area contributed by atoms with E-state index in [1.165, 1.54) is 15.9 Å². The lowest BCUT2D eigenvalue weighted by atomic mass is 10.2. The zero-order valence-electron chi connectivity index (χ0n) is 12.5. The topological polar surface area (TPSA) is 80.6 Å². The lowest BCUT2D eigenvalue weighted by Crippen LogP contribution is -2.27. The number of nitrogens with one attached hydrogen (secondary N) is 1. The van der Waals surface area contributed by atoms with Crippen LogP contribution in [0.2, 0.25) is 0 Å². The summed E-state index contributed by atoms with van der Waals surface area (Å²) in [6, 6.07) is 8.42. The van der Waals surface area contributed by atoms with Gasteiger partial charge in [0.15, 0.2) is 5.75 Å². The number of fused-ring (bicyclic) bond motifs is 1. The fourth-order valence-corrected chi connectivity index (χ4v) is 3.18. The van der Waals surface area contributed by atoms with Crippen molar-refractivity contribution in [1.82, 2.24) is 4.57 Å². The highest BCUT2D eigenvalue weighted by atomic mass is 32.1. The van der Waals surface area contributed by atoms with Gasteiger partial charge in [-0.15, -0.1) is 11.3 Å². The monoisotopic (exact) mass is 330 g/mol. The third-order valence-corrected chi connectivity index (χ3v) is 4.46. The van der Waals surface area contributed by atoms with Crippen LogP contribution in [0.5, 0.6) is 11.5 Å². The Morgan fingerprint density at radius 2 is 1.96 bits per heavy atom. The van der Waals surface area contributed by atoms with Gasteiger partial charge in [0, 0.05) is 12.7 Å². The van der Waals surface area contributed by atoms with Gasteiger partial charge in [0.05, 0.1) is 17.3 Å². The van der Waals surface area contributed by atoms with Crippen molar-refractivity contribution < 1.29 is 14.6 Å². The highest BCUT2D eigenvalue weighted by Crippen LogP contribution is 2.31. The van der Waals surface area contributed by atoms with Gasteiger partial charge in [-0.25, -0.2) is 0 Å². The molecule has 0 aliphatic heterocycles. The van der Waals surface area contributed by atoms with E-state index in [0.29, 0.717) is 21.7 Å². The molecule has 2 aromatic heterocycles. The number of benzene rings is 1. The molecule has 0 aliphatic rings. The molecule has 6 nitrogen and oxygen atoms in total. The summed E-state index contributed by atoms with van der Waals surface area (Å²) < 4.78 is 6.91. The van der Waals surface area contributed by atoms with Crippen LogP contribution in [0.4, 0.5) is 5.69 Å². The van der Waals surface area contributed by atoms with Crippen molar-refractivity contribution >= 4 is 33.1 Å². The number of thiophene rings is 1. The number of methoxy groups -OCH3 is 1. The van der Waals surface area contributed by atoms with Crippen LogP contribution in [0, 0.1) is 0 Å². The zero-order chi connectivity index (χ0) is 16.6. The van der Waals surface area contributed by atoms with Gasteiger partial charge >= 0.3 is 0 Å². The lowest BCUT2D eigenvalue weighted by molar-refractivity contribution is 0.102. The molecular weight excluding hydrogens is 316 g/mol. The number of ether oxygens (including phenoxy) is 1. The molecule has 0 fully saturated rings. The Kier molecular flexibility index (Phi) is 3.79. The van der Waals surface area contributed by atoms with E-state index in [4.69, 9.17) is 4.74 Å². The molecular formula is C16H14N2O4S. The Hall–Kier alpha value is -2.80. The minimum absolute atomic E-state index is 0.265. The van der Waals surface area contributed by atoms with Gasteiger partial charge in [0.1, 0.15) is 11.3 Å². The van der Waals surface area contributed by atoms with Crippen molar-refractivity contribution in [3.05, 3.63) is 51.6 Å². The van der Waals surface area contributed by atoms with Crippen LogP contribution in [0.3, 0.4) is 0 Å². The van der Waals surface area contributed by atoms with E-state index in [9.17, 15) is 14.7 Å². The first-order valence-electron chi connectivity index (χ1n) is 6.77. The number of pyridine rings is 1. The van der Waals surface area contributed by atoms with E-state index < -0.39 is 11.5 Å². The van der Waals surface area contributed by atoms with Gasteiger partial charge in [-0.05, 0) is 35.7 Å². The van der Waals surface area contributed by atoms with Crippen molar-refractivity contribution in [2.24, 2.45) is 7.05 Å². The first-order chi connectivity index (χ1) is 11.0. The Morgan fingerprint density at radius 3 is 2.61 bits per heavy atom. The molecule has 0 radical (unpaired) electrons.